The number of aryl methyl sites for hydroxylation is 7. The summed E-state index contributed by atoms with van der Waals surface area (Å²) in [6.45, 7) is 37.1. The van der Waals surface area contributed by atoms with Gasteiger partial charge < -0.3 is 25.7 Å². The molecular weight excluding hydrogens is 1900 g/mol. The number of ketones is 4. The lowest BCUT2D eigenvalue weighted by atomic mass is 9.91. The van der Waals surface area contributed by atoms with Gasteiger partial charge in [0.25, 0.3) is 5.91 Å². The van der Waals surface area contributed by atoms with Gasteiger partial charge in [-0.25, -0.2) is 49.4 Å². The van der Waals surface area contributed by atoms with Crippen LogP contribution in [0.3, 0.4) is 0 Å². The number of piperazine rings is 1. The summed E-state index contributed by atoms with van der Waals surface area (Å²) in [7, 11) is 0. The van der Waals surface area contributed by atoms with Crippen molar-refractivity contribution in [2.45, 2.75) is 161 Å². The van der Waals surface area contributed by atoms with E-state index in [2.05, 4.69) is 158 Å². The van der Waals surface area contributed by atoms with E-state index < -0.39 is 17.7 Å². The van der Waals surface area contributed by atoms with Crippen molar-refractivity contribution < 1.29 is 43.1 Å². The van der Waals surface area contributed by atoms with Gasteiger partial charge in [0.2, 0.25) is 5.91 Å². The second kappa shape index (κ2) is 48.1. The molecule has 17 aromatic rings. The van der Waals surface area contributed by atoms with Crippen LogP contribution >= 0.6 is 11.3 Å². The fourth-order valence-electron chi connectivity index (χ4n) is 16.7. The van der Waals surface area contributed by atoms with Crippen molar-refractivity contribution in [1.82, 2.24) is 71.8 Å². The second-order valence-electron chi connectivity index (χ2n) is 39.2. The molecule has 1 aliphatic rings. The number of nitrogens with two attached hydrogens (primary N) is 1. The molecule has 758 valence electrons. The normalized spacial score (nSPS) is 11.8. The van der Waals surface area contributed by atoms with E-state index in [1.807, 2.05) is 204 Å². The number of carbonyl (C=O) groups excluding carboxylic acids is 8. The Labute approximate surface area is 876 Å². The molecule has 5 amide bonds. The summed E-state index contributed by atoms with van der Waals surface area (Å²) in [6, 6.07) is 53.0. The van der Waals surface area contributed by atoms with Crippen molar-refractivity contribution in [3.8, 4) is 53.1 Å². The Bertz CT molecular complexity index is 8220. The molecule has 1 aliphatic heterocycles. The number of Topliss-reactive ketones (excluding diaryl/α,β-unsaturated/α-hetero) is 4. The van der Waals surface area contributed by atoms with Crippen LogP contribution in [0.4, 0.5) is 31.8 Å². The molecule has 0 radical (unpaired) electrons. The van der Waals surface area contributed by atoms with Crippen LogP contribution in [0.25, 0.3) is 28.3 Å². The van der Waals surface area contributed by atoms with E-state index in [1.54, 1.807) is 140 Å². The topological polar surface area (TPSA) is 343 Å². The number of carbonyl (C=O) groups is 8. The quantitative estimate of drug-likeness (QED) is 0.0362. The number of urea groups is 1. The molecule has 0 unspecified atom stereocenters. The second-order valence-corrected chi connectivity index (χ2v) is 40.4. The van der Waals surface area contributed by atoms with Gasteiger partial charge in [-0.3, -0.25) is 66.5 Å². The zero-order valence-electron chi connectivity index (χ0n) is 86.9. The molecule has 150 heavy (non-hydrogen) atoms. The van der Waals surface area contributed by atoms with E-state index in [9.17, 15) is 38.4 Å². The SMILES string of the molecule is CCC(=O)CNc1ccc(CC(=O)c2ccc(C)c(C#Cc3cnc4ccccn34)c2)cc1C.Cc1cc(CC(=O)c2ccc(C)c(C#Cc3cnc4c(N(C(=O)CC(C)(C)C)C(=O)OC(C)(C)C)cccn34)c2)cc(-n2ccnc2)c1.Cc1cc(CC(=O)c2cccc(C#Cc3cnc4cnccn34)n2)ccc1CN1CCN(C(C)C)CC1.Cc1cnc(NC(=O)c2ccc(C)c(C#Cc3cnc4c(NC(N)=O)cccn34)c2)s1. The number of hydrogen-bond acceptors (Lipinski definition) is 21. The van der Waals surface area contributed by atoms with Crippen molar-refractivity contribution >= 4 is 103 Å². The van der Waals surface area contributed by atoms with Crippen molar-refractivity contribution in [1.29, 1.82) is 0 Å². The number of aromatic nitrogens is 13. The molecule has 29 nitrogen and oxygen atoms in total. The number of amides is 5. The average molecular weight is 2020 g/mol. The highest BCUT2D eigenvalue weighted by Gasteiger charge is 2.34. The minimum absolute atomic E-state index is 0.0122. The number of primary amides is 1. The first-order valence-electron chi connectivity index (χ1n) is 49.3. The van der Waals surface area contributed by atoms with Crippen LogP contribution in [0.2, 0.25) is 0 Å². The van der Waals surface area contributed by atoms with Crippen molar-refractivity contribution in [3.63, 3.8) is 0 Å². The molecule has 12 heterocycles. The number of imidazole rings is 5. The summed E-state index contributed by atoms with van der Waals surface area (Å²) in [4.78, 5) is 143. The van der Waals surface area contributed by atoms with E-state index in [-0.39, 0.29) is 53.2 Å². The highest BCUT2D eigenvalue weighted by atomic mass is 32.1. The Morgan fingerprint density at radius 3 is 1.69 bits per heavy atom. The number of anilines is 4. The maximum Gasteiger partial charge on any atom is 0.421 e. The average Bonchev–Trinajstić information content (AvgIpc) is 1.60. The Balaban J connectivity index is 0.000000151. The molecule has 6 aromatic carbocycles. The van der Waals surface area contributed by atoms with Crippen LogP contribution in [0.5, 0.6) is 0 Å². The van der Waals surface area contributed by atoms with E-state index in [4.69, 9.17) is 10.5 Å². The van der Waals surface area contributed by atoms with Crippen LogP contribution in [0.1, 0.15) is 222 Å². The molecule has 0 spiro atoms. The van der Waals surface area contributed by atoms with Crippen LogP contribution < -0.4 is 26.6 Å². The van der Waals surface area contributed by atoms with Gasteiger partial charge >= 0.3 is 12.1 Å². The van der Waals surface area contributed by atoms with Gasteiger partial charge in [0.1, 0.15) is 45.4 Å². The summed E-state index contributed by atoms with van der Waals surface area (Å²) in [6.07, 6.45) is 25.2. The summed E-state index contributed by atoms with van der Waals surface area (Å²) in [5, 5.41) is 9.07. The largest absolute Gasteiger partial charge is 0.443 e. The predicted molar refractivity (Wildman–Crippen MR) is 587 cm³/mol. The summed E-state index contributed by atoms with van der Waals surface area (Å²) >= 11 is 1.42. The number of benzene rings is 6. The van der Waals surface area contributed by atoms with Gasteiger partial charge in [-0.1, -0.05) is 124 Å². The van der Waals surface area contributed by atoms with E-state index in [1.165, 1.54) is 22.5 Å². The summed E-state index contributed by atoms with van der Waals surface area (Å²) in [5.41, 5.74) is 27.3. The number of pyridine rings is 4. The standard InChI is InChI=1S/C39H41N5O4.C30H32N6O.C29H27N3O2.C22H18N6O2S/c1-26-18-28(20-32(19-26)42-17-15-40-25-42)21-34(45)30-12-11-27(2)29(22-30)13-14-31-24-41-36-33(10-9-16-43(31)36)44(35(46)23-38(3,4)5)37(47)48-39(6,7)8;1-22(2)35-15-13-34(14-16-35)21-25-8-7-24(17-23(25)3)18-29(37)28-6-4-5-26(33-28)9-10-27-19-32-30-20-31-11-12-36(27)30;1-4-26(33)19-30-27-13-9-22(15-21(27)3)16-28(34)24-10-8-20(2)23(17-24)11-12-25-18-31-29-7-5-6-14-32(25)29;1-13-5-6-16(20(29)27-22-25-11-14(2)31-22)10-15(13)7-8-17-12-24-19-18(26-21(23)30)4-3-9-28(17)19/h9-12,15-20,22,24-25H,21,23H2,1-8H3;4-8,11-12,17,19-20,22H,13-16,18,21H2,1-3H3;5-10,13-15,17-18,30H,4,16,19H2,1-3H3;3-6,9-12H,1-2H3,(H3,23,26,30)(H,25,27,29). The molecule has 11 aromatic heterocycles. The zero-order chi connectivity index (χ0) is 107. The number of rotatable bonds is 22. The third kappa shape index (κ3) is 28.1. The van der Waals surface area contributed by atoms with Crippen LogP contribution in [-0.4, -0.2) is 163 Å². The molecule has 18 rings (SSSR count). The Morgan fingerprint density at radius 1 is 0.493 bits per heavy atom. The molecule has 1 saturated heterocycles. The van der Waals surface area contributed by atoms with E-state index >= 15 is 0 Å². The highest BCUT2D eigenvalue weighted by molar-refractivity contribution is 7.15. The maximum absolute atomic E-state index is 13.5. The number of hydrogen-bond donors (Lipinski definition) is 4. The molecule has 5 N–H and O–H groups in total. The predicted octanol–water partition coefficient (Wildman–Crippen LogP) is 20.2. The summed E-state index contributed by atoms with van der Waals surface area (Å²) < 4.78 is 14.9. The highest BCUT2D eigenvalue weighted by Crippen LogP contribution is 2.32. The minimum atomic E-state index is -0.800. The lowest BCUT2D eigenvalue weighted by molar-refractivity contribution is -0.120. The van der Waals surface area contributed by atoms with Crippen LogP contribution in [-0.2, 0) is 40.1 Å². The smallest absolute Gasteiger partial charge is 0.421 e. The van der Waals surface area contributed by atoms with E-state index in [0.717, 1.165) is 132 Å². The minimum Gasteiger partial charge on any atom is -0.443 e. The molecular formula is C120H118N20O9S. The third-order valence-electron chi connectivity index (χ3n) is 24.7. The van der Waals surface area contributed by atoms with Gasteiger partial charge in [-0.2, -0.15) is 0 Å². The number of imide groups is 1. The monoisotopic (exact) mass is 2010 g/mol. The Morgan fingerprint density at radius 2 is 1.07 bits per heavy atom. The first-order chi connectivity index (χ1) is 71.9. The fraction of sp³-hybridized carbons (Fsp3) is 0.250. The fourth-order valence-corrected chi connectivity index (χ4v) is 17.3. The third-order valence-corrected chi connectivity index (χ3v) is 25.5. The lowest BCUT2D eigenvalue weighted by Crippen LogP contribution is -2.48. The molecule has 0 bridgehead atoms. The number of fused-ring (bicyclic) bond motifs is 4. The first kappa shape index (κ1) is 107. The van der Waals surface area contributed by atoms with Crippen LogP contribution in [0, 0.1) is 101 Å². The first-order valence-corrected chi connectivity index (χ1v) is 50.1. The molecule has 1 fully saturated rings. The molecule has 0 aliphatic carbocycles. The number of ether oxygens (including phenoxy) is 1. The zero-order valence-corrected chi connectivity index (χ0v) is 87.7. The van der Waals surface area contributed by atoms with Gasteiger partial charge in [-0.05, 0) is 265 Å². The Kier molecular flexibility index (Phi) is 34.2. The number of nitrogens with zero attached hydrogens (tertiary/aromatic N) is 16. The van der Waals surface area contributed by atoms with Gasteiger partial charge in [0.15, 0.2) is 45.2 Å². The molecule has 30 heteroatoms. The molecule has 0 atom stereocenters. The van der Waals surface area contributed by atoms with E-state index in [0.29, 0.717) is 105 Å². The molecule has 0 saturated carbocycles. The lowest BCUT2D eigenvalue weighted by Gasteiger charge is -2.37. The maximum atomic E-state index is 13.5. The number of nitrogens with one attached hydrogen (secondary N) is 3. The Hall–Kier alpha value is -17.7. The summed E-state index contributed by atoms with van der Waals surface area (Å²) in [5.74, 6) is 24.7. The van der Waals surface area contributed by atoms with Gasteiger partial charge in [0.05, 0.1) is 55.2 Å². The van der Waals surface area contributed by atoms with Gasteiger partial charge in [-0.15, -0.1) is 11.3 Å². The van der Waals surface area contributed by atoms with Crippen LogP contribution in [0.15, 0.2) is 257 Å². The van der Waals surface area contributed by atoms with Crippen molar-refractivity contribution in [3.05, 3.63) is 385 Å². The number of thiazole rings is 1. The van der Waals surface area contributed by atoms with Crippen molar-refractivity contribution in [2.75, 3.05) is 53.6 Å². The van der Waals surface area contributed by atoms with Gasteiger partial charge in [0, 0.05) is 170 Å². The van der Waals surface area contributed by atoms with Crippen molar-refractivity contribution in [2.24, 2.45) is 11.1 Å².